The van der Waals surface area contributed by atoms with Gasteiger partial charge in [0, 0.05) is 37.6 Å². The van der Waals surface area contributed by atoms with Gasteiger partial charge in [-0.3, -0.25) is 9.69 Å². The average Bonchev–Trinajstić information content (AvgIpc) is 3.07. The van der Waals surface area contributed by atoms with Gasteiger partial charge in [-0.05, 0) is 55.2 Å². The van der Waals surface area contributed by atoms with Crippen LogP contribution in [0.25, 0.3) is 0 Å². The van der Waals surface area contributed by atoms with Gasteiger partial charge in [-0.15, -0.1) is 11.3 Å². The van der Waals surface area contributed by atoms with E-state index < -0.39 is 0 Å². The number of benzene rings is 1. The fourth-order valence-electron chi connectivity index (χ4n) is 4.29. The standard InChI is InChI=1S/C23H22BrN3OS/c1-13-4-9-19(29-13)20-16(12-25)22(26)27(15-7-5-14(24)6-8-15)17-10-23(2,3)11-18(28)21(17)20/h4-9,20H,10-11,26H2,1-3H3. The molecular weight excluding hydrogens is 446 g/mol. The molecule has 1 aromatic carbocycles. The molecule has 0 saturated heterocycles. The van der Waals surface area contributed by atoms with Crippen molar-refractivity contribution in [2.45, 2.75) is 39.5 Å². The highest BCUT2D eigenvalue weighted by atomic mass is 79.9. The number of thiophene rings is 1. The number of allylic oxidation sites excluding steroid dienone is 3. The van der Waals surface area contributed by atoms with E-state index in [9.17, 15) is 10.1 Å². The van der Waals surface area contributed by atoms with Crippen LogP contribution in [0, 0.1) is 23.7 Å². The molecule has 148 valence electrons. The average molecular weight is 468 g/mol. The van der Waals surface area contributed by atoms with E-state index in [1.165, 1.54) is 0 Å². The minimum absolute atomic E-state index is 0.106. The molecule has 29 heavy (non-hydrogen) atoms. The lowest BCUT2D eigenvalue weighted by atomic mass is 9.69. The Morgan fingerprint density at radius 3 is 2.48 bits per heavy atom. The number of nitrogens with two attached hydrogens (primary N) is 1. The van der Waals surface area contributed by atoms with Gasteiger partial charge in [0.15, 0.2) is 5.78 Å². The molecule has 2 N–H and O–H groups in total. The third-order valence-electron chi connectivity index (χ3n) is 5.51. The zero-order chi connectivity index (χ0) is 20.9. The molecule has 0 bridgehead atoms. The second-order valence-corrected chi connectivity index (χ2v) is 10.6. The molecule has 1 atom stereocenters. The van der Waals surface area contributed by atoms with Gasteiger partial charge in [-0.25, -0.2) is 0 Å². The number of anilines is 1. The van der Waals surface area contributed by atoms with Crippen LogP contribution in [0.15, 0.2) is 63.5 Å². The Morgan fingerprint density at radius 1 is 1.21 bits per heavy atom. The number of Topliss-reactive ketones (excluding diaryl/α,β-unsaturated/α-hetero) is 1. The van der Waals surface area contributed by atoms with Crippen LogP contribution in [0.4, 0.5) is 5.69 Å². The highest BCUT2D eigenvalue weighted by Gasteiger charge is 2.45. The van der Waals surface area contributed by atoms with Gasteiger partial charge in [0.2, 0.25) is 0 Å². The van der Waals surface area contributed by atoms with Crippen LogP contribution < -0.4 is 10.6 Å². The fourth-order valence-corrected chi connectivity index (χ4v) is 5.55. The van der Waals surface area contributed by atoms with Gasteiger partial charge < -0.3 is 5.73 Å². The summed E-state index contributed by atoms with van der Waals surface area (Å²) in [7, 11) is 0. The van der Waals surface area contributed by atoms with Gasteiger partial charge in [-0.2, -0.15) is 5.26 Å². The Bertz CT molecular complexity index is 1100. The largest absolute Gasteiger partial charge is 0.384 e. The lowest BCUT2D eigenvalue weighted by molar-refractivity contribution is -0.118. The van der Waals surface area contributed by atoms with Crippen LogP contribution in [0.2, 0.25) is 0 Å². The monoisotopic (exact) mass is 467 g/mol. The molecule has 0 radical (unpaired) electrons. The number of hydrogen-bond acceptors (Lipinski definition) is 5. The van der Waals surface area contributed by atoms with Crippen molar-refractivity contribution in [2.75, 3.05) is 4.90 Å². The van der Waals surface area contributed by atoms with Gasteiger partial charge in [0.1, 0.15) is 5.82 Å². The Morgan fingerprint density at radius 2 is 1.90 bits per heavy atom. The van der Waals surface area contributed by atoms with Crippen molar-refractivity contribution in [1.82, 2.24) is 0 Å². The quantitative estimate of drug-likeness (QED) is 0.609. The van der Waals surface area contributed by atoms with Crippen LogP contribution >= 0.6 is 27.3 Å². The smallest absolute Gasteiger partial charge is 0.162 e. The minimum atomic E-state index is -0.385. The first-order valence-corrected chi connectivity index (χ1v) is 11.1. The van der Waals surface area contributed by atoms with E-state index in [0.29, 0.717) is 17.8 Å². The number of hydrogen-bond donors (Lipinski definition) is 1. The Hall–Kier alpha value is -2.36. The Balaban J connectivity index is 1.99. The molecule has 1 aromatic heterocycles. The van der Waals surface area contributed by atoms with E-state index in [1.807, 2.05) is 48.2 Å². The number of carbonyl (C=O) groups is 1. The van der Waals surface area contributed by atoms with E-state index >= 15 is 0 Å². The summed E-state index contributed by atoms with van der Waals surface area (Å²) in [5, 5.41) is 10.0. The first kappa shape index (κ1) is 19.9. The summed E-state index contributed by atoms with van der Waals surface area (Å²) in [5.41, 5.74) is 9.39. The SMILES string of the molecule is Cc1ccc(C2C(C#N)=C(N)N(c3ccc(Br)cc3)C3=C2C(=O)CC(C)(C)C3)s1. The first-order chi connectivity index (χ1) is 13.7. The number of rotatable bonds is 2. The summed E-state index contributed by atoms with van der Waals surface area (Å²) >= 11 is 5.09. The second-order valence-electron chi connectivity index (χ2n) is 8.41. The van der Waals surface area contributed by atoms with Gasteiger partial charge in [-0.1, -0.05) is 29.8 Å². The lowest BCUT2D eigenvalue weighted by Crippen LogP contribution is -2.42. The van der Waals surface area contributed by atoms with E-state index in [2.05, 4.69) is 35.8 Å². The molecule has 4 rings (SSSR count). The van der Waals surface area contributed by atoms with Crippen molar-refractivity contribution in [3.63, 3.8) is 0 Å². The molecule has 0 fully saturated rings. The summed E-state index contributed by atoms with van der Waals surface area (Å²) in [6.07, 6.45) is 1.20. The van der Waals surface area contributed by atoms with Crippen molar-refractivity contribution < 1.29 is 4.79 Å². The summed E-state index contributed by atoms with van der Waals surface area (Å²) in [5.74, 6) is 0.133. The predicted molar refractivity (Wildman–Crippen MR) is 120 cm³/mol. The van der Waals surface area contributed by atoms with Crippen LogP contribution in [-0.2, 0) is 4.79 Å². The highest BCUT2D eigenvalue weighted by molar-refractivity contribution is 9.10. The van der Waals surface area contributed by atoms with Gasteiger partial charge in [0.25, 0.3) is 0 Å². The zero-order valence-electron chi connectivity index (χ0n) is 16.6. The maximum atomic E-state index is 13.4. The van der Waals surface area contributed by atoms with Crippen molar-refractivity contribution in [3.05, 3.63) is 73.3 Å². The first-order valence-electron chi connectivity index (χ1n) is 9.50. The molecule has 2 aliphatic rings. The molecule has 2 aromatic rings. The van der Waals surface area contributed by atoms with Gasteiger partial charge >= 0.3 is 0 Å². The Kier molecular flexibility index (Phi) is 4.92. The van der Waals surface area contributed by atoms with Crippen molar-refractivity contribution >= 4 is 38.7 Å². The van der Waals surface area contributed by atoms with Crippen LogP contribution in [0.5, 0.6) is 0 Å². The summed E-state index contributed by atoms with van der Waals surface area (Å²) in [6.45, 7) is 6.25. The molecule has 6 heteroatoms. The maximum absolute atomic E-state index is 13.4. The third kappa shape index (κ3) is 3.43. The molecular formula is C23H22BrN3OS. The Labute approximate surface area is 183 Å². The molecule has 0 amide bonds. The number of nitrogens with zero attached hydrogens (tertiary/aromatic N) is 2. The summed E-state index contributed by atoms with van der Waals surface area (Å²) in [6, 6.07) is 14.2. The number of nitriles is 1. The minimum Gasteiger partial charge on any atom is -0.384 e. The van der Waals surface area contributed by atoms with Crippen LogP contribution in [0.1, 0.15) is 42.4 Å². The van der Waals surface area contributed by atoms with E-state index in [4.69, 9.17) is 5.73 Å². The van der Waals surface area contributed by atoms with E-state index in [-0.39, 0.29) is 17.1 Å². The third-order valence-corrected chi connectivity index (χ3v) is 7.11. The topological polar surface area (TPSA) is 70.1 Å². The van der Waals surface area contributed by atoms with E-state index in [0.717, 1.165) is 37.6 Å². The van der Waals surface area contributed by atoms with Crippen LogP contribution in [-0.4, -0.2) is 5.78 Å². The van der Waals surface area contributed by atoms with Crippen LogP contribution in [0.3, 0.4) is 0 Å². The summed E-state index contributed by atoms with van der Waals surface area (Å²) in [4.78, 5) is 17.4. The van der Waals surface area contributed by atoms with Crippen molar-refractivity contribution in [2.24, 2.45) is 11.1 Å². The number of carbonyl (C=O) groups excluding carboxylic acids is 1. The molecule has 0 saturated carbocycles. The summed E-state index contributed by atoms with van der Waals surface area (Å²) < 4.78 is 0.961. The molecule has 1 unspecified atom stereocenters. The molecule has 1 aliphatic carbocycles. The number of ketones is 1. The number of aryl methyl sites for hydroxylation is 1. The number of halogens is 1. The molecule has 1 aliphatic heterocycles. The van der Waals surface area contributed by atoms with Crippen molar-refractivity contribution in [1.29, 1.82) is 5.26 Å². The molecule has 4 nitrogen and oxygen atoms in total. The fraction of sp³-hybridized carbons (Fsp3) is 0.304. The normalized spacial score (nSPS) is 21.3. The van der Waals surface area contributed by atoms with Crippen molar-refractivity contribution in [3.8, 4) is 6.07 Å². The second kappa shape index (κ2) is 7.16. The highest BCUT2D eigenvalue weighted by Crippen LogP contribution is 2.51. The van der Waals surface area contributed by atoms with Gasteiger partial charge in [0.05, 0.1) is 17.6 Å². The predicted octanol–water partition coefficient (Wildman–Crippen LogP) is 5.76. The molecule has 0 spiro atoms. The maximum Gasteiger partial charge on any atom is 0.162 e. The lowest BCUT2D eigenvalue weighted by Gasteiger charge is -2.43. The molecule has 2 heterocycles. The van der Waals surface area contributed by atoms with E-state index in [1.54, 1.807) is 11.3 Å². The zero-order valence-corrected chi connectivity index (χ0v) is 19.0.